The van der Waals surface area contributed by atoms with Gasteiger partial charge in [-0.3, -0.25) is 19.7 Å². The van der Waals surface area contributed by atoms with Gasteiger partial charge in [-0.2, -0.15) is 5.10 Å². The molecular weight excluding hydrogens is 402 g/mol. The predicted octanol–water partition coefficient (Wildman–Crippen LogP) is 4.12. The first kappa shape index (κ1) is 19.9. The second kappa shape index (κ2) is 8.63. The maximum atomic E-state index is 13.0. The molecule has 0 spiro atoms. The van der Waals surface area contributed by atoms with Crippen LogP contribution in [0.2, 0.25) is 0 Å². The highest BCUT2D eigenvalue weighted by Crippen LogP contribution is 2.29. The first-order valence-electron chi connectivity index (χ1n) is 10.7. The molecule has 160 valence electrons. The first-order chi connectivity index (χ1) is 15.7. The number of nitrogens with zero attached hydrogens (tertiary/aromatic N) is 3. The summed E-state index contributed by atoms with van der Waals surface area (Å²) in [4.78, 5) is 31.7. The van der Waals surface area contributed by atoms with Crippen LogP contribution in [0.3, 0.4) is 0 Å². The number of anilines is 1. The molecule has 7 heteroatoms. The van der Waals surface area contributed by atoms with E-state index in [-0.39, 0.29) is 17.7 Å². The fourth-order valence-electron chi connectivity index (χ4n) is 4.20. The number of fused-ring (bicyclic) bond motifs is 1. The van der Waals surface area contributed by atoms with E-state index in [0.29, 0.717) is 24.3 Å². The van der Waals surface area contributed by atoms with Crippen molar-refractivity contribution in [3.05, 3.63) is 78.6 Å². The minimum Gasteiger partial charge on any atom is -0.338 e. The molecule has 1 fully saturated rings. The Labute approximate surface area is 185 Å². The summed E-state index contributed by atoms with van der Waals surface area (Å²) in [6, 6.07) is 18.7. The molecule has 1 aliphatic rings. The highest BCUT2D eigenvalue weighted by atomic mass is 16.2. The Morgan fingerprint density at radius 3 is 2.66 bits per heavy atom. The number of aromatic nitrogens is 3. The molecule has 3 heterocycles. The van der Waals surface area contributed by atoms with Gasteiger partial charge in [0, 0.05) is 47.7 Å². The number of aromatic amines is 1. The molecular formula is C25H23N5O2. The number of piperidine rings is 1. The molecule has 1 atom stereocenters. The van der Waals surface area contributed by atoms with Gasteiger partial charge in [-0.25, -0.2) is 0 Å². The monoisotopic (exact) mass is 425 g/mol. The number of likely N-dealkylation sites (tertiary alicyclic amines) is 1. The lowest BCUT2D eigenvalue weighted by Crippen LogP contribution is -2.43. The molecule has 2 N–H and O–H groups in total. The number of rotatable bonds is 4. The van der Waals surface area contributed by atoms with Crippen molar-refractivity contribution in [3.8, 4) is 11.3 Å². The fourth-order valence-corrected chi connectivity index (χ4v) is 4.20. The minimum absolute atomic E-state index is 0.0232. The third-order valence-corrected chi connectivity index (χ3v) is 5.88. The molecule has 0 saturated carbocycles. The molecule has 2 amide bonds. The van der Waals surface area contributed by atoms with E-state index >= 15 is 0 Å². The highest BCUT2D eigenvalue weighted by Gasteiger charge is 2.29. The zero-order valence-corrected chi connectivity index (χ0v) is 17.5. The number of pyridine rings is 1. The van der Waals surface area contributed by atoms with Crippen LogP contribution in [0, 0.1) is 5.92 Å². The van der Waals surface area contributed by atoms with Crippen LogP contribution in [0.1, 0.15) is 23.2 Å². The van der Waals surface area contributed by atoms with Crippen LogP contribution >= 0.6 is 0 Å². The topological polar surface area (TPSA) is 91.0 Å². The Kier molecular flexibility index (Phi) is 5.37. The number of amides is 2. The molecule has 0 aliphatic carbocycles. The largest absolute Gasteiger partial charge is 0.338 e. The number of carbonyl (C=O) groups is 2. The van der Waals surface area contributed by atoms with Gasteiger partial charge < -0.3 is 10.2 Å². The molecule has 7 nitrogen and oxygen atoms in total. The maximum absolute atomic E-state index is 13.0. The van der Waals surface area contributed by atoms with E-state index in [1.54, 1.807) is 17.3 Å². The number of carbonyl (C=O) groups excluding carboxylic acids is 2. The van der Waals surface area contributed by atoms with Gasteiger partial charge in [-0.05, 0) is 55.3 Å². The van der Waals surface area contributed by atoms with E-state index in [2.05, 4.69) is 20.5 Å². The summed E-state index contributed by atoms with van der Waals surface area (Å²) < 4.78 is 0. The first-order valence-corrected chi connectivity index (χ1v) is 10.7. The summed E-state index contributed by atoms with van der Waals surface area (Å²) in [5.41, 5.74) is 4.04. The second-order valence-electron chi connectivity index (χ2n) is 8.01. The van der Waals surface area contributed by atoms with Crippen molar-refractivity contribution in [2.75, 3.05) is 18.4 Å². The predicted molar refractivity (Wildman–Crippen MR) is 123 cm³/mol. The van der Waals surface area contributed by atoms with Gasteiger partial charge in [0.15, 0.2) is 0 Å². The summed E-state index contributed by atoms with van der Waals surface area (Å²) in [6.07, 6.45) is 5.03. The van der Waals surface area contributed by atoms with Crippen LogP contribution in [0.4, 0.5) is 5.69 Å². The molecule has 0 bridgehead atoms. The molecule has 5 rings (SSSR count). The molecule has 1 aliphatic heterocycles. The smallest absolute Gasteiger partial charge is 0.253 e. The zero-order chi connectivity index (χ0) is 21.9. The van der Waals surface area contributed by atoms with Crippen LogP contribution < -0.4 is 5.32 Å². The summed E-state index contributed by atoms with van der Waals surface area (Å²) in [6.45, 7) is 1.10. The lowest BCUT2D eigenvalue weighted by molar-refractivity contribution is -0.121. The third-order valence-electron chi connectivity index (χ3n) is 5.88. The van der Waals surface area contributed by atoms with Crippen LogP contribution in [0.25, 0.3) is 22.2 Å². The van der Waals surface area contributed by atoms with Crippen molar-refractivity contribution < 1.29 is 9.59 Å². The standard InChI is InChI=1S/C25H23N5O2/c31-24(19-7-4-14-30(16-19)25(32)18-5-2-1-3-6-18)27-20-8-9-22-21(15-20)23(29-28-22)17-10-12-26-13-11-17/h1-3,5-6,8-13,15,19H,4,7,14,16H2,(H,27,31)(H,28,29). The van der Waals surface area contributed by atoms with E-state index in [0.717, 1.165) is 35.0 Å². The van der Waals surface area contributed by atoms with Gasteiger partial charge >= 0.3 is 0 Å². The second-order valence-corrected chi connectivity index (χ2v) is 8.01. The summed E-state index contributed by atoms with van der Waals surface area (Å²) >= 11 is 0. The molecule has 2 aromatic carbocycles. The summed E-state index contributed by atoms with van der Waals surface area (Å²) in [5.74, 6) is -0.329. The fraction of sp³-hybridized carbons (Fsp3) is 0.200. The van der Waals surface area contributed by atoms with Gasteiger partial charge in [0.1, 0.15) is 5.69 Å². The quantitative estimate of drug-likeness (QED) is 0.515. The van der Waals surface area contributed by atoms with Gasteiger partial charge in [0.25, 0.3) is 5.91 Å². The van der Waals surface area contributed by atoms with Crippen LogP contribution in [-0.2, 0) is 4.79 Å². The SMILES string of the molecule is O=C(Nc1ccc2[nH]nc(-c3ccncc3)c2c1)C1CCCN(C(=O)c2ccccc2)C1. The average Bonchev–Trinajstić information content (AvgIpc) is 3.28. The number of H-pyrrole nitrogens is 1. The van der Waals surface area contributed by atoms with E-state index in [4.69, 9.17) is 0 Å². The van der Waals surface area contributed by atoms with Gasteiger partial charge in [0.05, 0.1) is 11.4 Å². The van der Waals surface area contributed by atoms with E-state index in [9.17, 15) is 9.59 Å². The van der Waals surface area contributed by atoms with Crippen molar-refractivity contribution in [1.82, 2.24) is 20.1 Å². The zero-order valence-electron chi connectivity index (χ0n) is 17.5. The third kappa shape index (κ3) is 3.97. The maximum Gasteiger partial charge on any atom is 0.253 e. The number of hydrogen-bond acceptors (Lipinski definition) is 4. The van der Waals surface area contributed by atoms with Crippen molar-refractivity contribution in [3.63, 3.8) is 0 Å². The van der Waals surface area contributed by atoms with Crippen molar-refractivity contribution >= 4 is 28.4 Å². The van der Waals surface area contributed by atoms with Crippen LogP contribution in [0.5, 0.6) is 0 Å². The van der Waals surface area contributed by atoms with Crippen LogP contribution in [0.15, 0.2) is 73.1 Å². The Hall–Kier alpha value is -4.00. The summed E-state index contributed by atoms with van der Waals surface area (Å²) in [7, 11) is 0. The number of benzene rings is 2. The molecule has 4 aromatic rings. The lowest BCUT2D eigenvalue weighted by Gasteiger charge is -2.32. The van der Waals surface area contributed by atoms with E-state index < -0.39 is 0 Å². The van der Waals surface area contributed by atoms with E-state index in [1.807, 2.05) is 60.7 Å². The Bertz CT molecular complexity index is 1250. The molecule has 0 radical (unpaired) electrons. The normalized spacial score (nSPS) is 16.1. The molecule has 2 aromatic heterocycles. The molecule has 1 unspecified atom stereocenters. The van der Waals surface area contributed by atoms with Gasteiger partial charge in [0.2, 0.25) is 5.91 Å². The van der Waals surface area contributed by atoms with Crippen molar-refractivity contribution in [2.24, 2.45) is 5.92 Å². The Morgan fingerprint density at radius 1 is 1.03 bits per heavy atom. The number of nitrogens with one attached hydrogen (secondary N) is 2. The average molecular weight is 425 g/mol. The Balaban J connectivity index is 1.32. The van der Waals surface area contributed by atoms with Crippen LogP contribution in [-0.4, -0.2) is 45.0 Å². The minimum atomic E-state index is -0.240. The van der Waals surface area contributed by atoms with Crippen molar-refractivity contribution in [2.45, 2.75) is 12.8 Å². The Morgan fingerprint density at radius 2 is 1.84 bits per heavy atom. The molecule has 32 heavy (non-hydrogen) atoms. The lowest BCUT2D eigenvalue weighted by atomic mass is 9.96. The van der Waals surface area contributed by atoms with Gasteiger partial charge in [-0.1, -0.05) is 18.2 Å². The number of hydrogen-bond donors (Lipinski definition) is 2. The van der Waals surface area contributed by atoms with Crippen molar-refractivity contribution in [1.29, 1.82) is 0 Å². The molecule has 1 saturated heterocycles. The van der Waals surface area contributed by atoms with E-state index in [1.165, 1.54) is 0 Å². The summed E-state index contributed by atoms with van der Waals surface area (Å²) in [5, 5.41) is 11.4. The van der Waals surface area contributed by atoms with Gasteiger partial charge in [-0.15, -0.1) is 0 Å². The highest BCUT2D eigenvalue weighted by molar-refractivity contribution is 5.99.